The summed E-state index contributed by atoms with van der Waals surface area (Å²) in [5, 5.41) is 4.59. The number of hydrogen-bond acceptors (Lipinski definition) is 4. The number of benzene rings is 3. The summed E-state index contributed by atoms with van der Waals surface area (Å²) in [7, 11) is 0. The first-order chi connectivity index (χ1) is 14.8. The number of hydrogen-bond donors (Lipinski definition) is 0. The number of ether oxygens (including phenoxy) is 1. The van der Waals surface area contributed by atoms with Crippen LogP contribution in [-0.2, 0) is 6.54 Å². The summed E-state index contributed by atoms with van der Waals surface area (Å²) in [6.45, 7) is 1.84. The topological polar surface area (TPSA) is 28.1 Å². The van der Waals surface area contributed by atoms with Gasteiger partial charge in [-0.25, -0.2) is 4.99 Å². The molecule has 0 unspecified atom stereocenters. The molecule has 0 amide bonds. The maximum Gasteiger partial charge on any atom is 0.127 e. The highest BCUT2D eigenvalue weighted by molar-refractivity contribution is 6.09. The van der Waals surface area contributed by atoms with E-state index in [0.29, 0.717) is 0 Å². The number of para-hydroxylation sites is 1. The molecule has 0 N–H and O–H groups in total. The number of allylic oxidation sites excluding steroid dienone is 1. The van der Waals surface area contributed by atoms with Gasteiger partial charge in [-0.05, 0) is 54.5 Å². The molecule has 5 rings (SSSR count). The van der Waals surface area contributed by atoms with E-state index < -0.39 is 0 Å². The molecular weight excluding hydrogens is 370 g/mol. The first kappa shape index (κ1) is 18.3. The molecule has 0 radical (unpaired) electrons. The molecule has 0 saturated carbocycles. The largest absolute Gasteiger partial charge is 0.457 e. The van der Waals surface area contributed by atoms with Gasteiger partial charge in [-0.15, -0.1) is 0 Å². The van der Waals surface area contributed by atoms with E-state index >= 15 is 0 Å². The van der Waals surface area contributed by atoms with Gasteiger partial charge in [-0.3, -0.25) is 10.0 Å². The van der Waals surface area contributed by atoms with Crippen LogP contribution >= 0.6 is 0 Å². The second-order valence-electron chi connectivity index (χ2n) is 7.31. The van der Waals surface area contributed by atoms with Crippen molar-refractivity contribution in [1.29, 1.82) is 0 Å². The molecule has 30 heavy (non-hydrogen) atoms. The van der Waals surface area contributed by atoms with Gasteiger partial charge in [0, 0.05) is 12.7 Å². The third kappa shape index (κ3) is 3.98. The SMILES string of the molecule is C1=CN(Cc2ccccc2)N2CCC=C2C1=Nc1ccc(Oc2ccccc2)cc1. The first-order valence-electron chi connectivity index (χ1n) is 10.2. The summed E-state index contributed by atoms with van der Waals surface area (Å²) in [6, 6.07) is 28.3. The first-order valence-corrected chi connectivity index (χ1v) is 10.2. The van der Waals surface area contributed by atoms with Crippen molar-refractivity contribution in [2.24, 2.45) is 4.99 Å². The van der Waals surface area contributed by atoms with Gasteiger partial charge >= 0.3 is 0 Å². The van der Waals surface area contributed by atoms with E-state index in [9.17, 15) is 0 Å². The van der Waals surface area contributed by atoms with E-state index in [1.807, 2.05) is 54.6 Å². The smallest absolute Gasteiger partial charge is 0.127 e. The molecule has 148 valence electrons. The third-order valence-electron chi connectivity index (χ3n) is 5.19. The highest BCUT2D eigenvalue weighted by atomic mass is 16.5. The minimum absolute atomic E-state index is 0.806. The standard InChI is InChI=1S/C26H23N3O/c1-3-8-21(9-4-1)20-28-19-17-25(26-12-7-18-29(26)28)27-22-13-15-24(16-14-22)30-23-10-5-2-6-11-23/h1-6,8-17,19H,7,18,20H2. The quantitative estimate of drug-likeness (QED) is 0.525. The third-order valence-corrected chi connectivity index (χ3v) is 5.19. The van der Waals surface area contributed by atoms with Crippen LogP contribution < -0.4 is 4.74 Å². The number of nitrogens with zero attached hydrogens (tertiary/aromatic N) is 3. The Morgan fingerprint density at radius 1 is 0.800 bits per heavy atom. The van der Waals surface area contributed by atoms with Gasteiger partial charge in [0.05, 0.1) is 23.6 Å². The molecule has 0 fully saturated rings. The van der Waals surface area contributed by atoms with Gasteiger partial charge < -0.3 is 4.74 Å². The zero-order valence-corrected chi connectivity index (χ0v) is 16.7. The van der Waals surface area contributed by atoms with Crippen molar-refractivity contribution in [2.75, 3.05) is 6.54 Å². The molecule has 0 spiro atoms. The Kier molecular flexibility index (Phi) is 5.05. The number of fused-ring (bicyclic) bond motifs is 1. The lowest BCUT2D eigenvalue weighted by Crippen LogP contribution is -2.40. The van der Waals surface area contributed by atoms with Gasteiger partial charge in [0.2, 0.25) is 0 Å². The lowest BCUT2D eigenvalue weighted by molar-refractivity contribution is 0.0686. The van der Waals surface area contributed by atoms with Gasteiger partial charge in [-0.2, -0.15) is 0 Å². The van der Waals surface area contributed by atoms with Crippen molar-refractivity contribution in [3.05, 3.63) is 115 Å². The maximum atomic E-state index is 5.87. The highest BCUT2D eigenvalue weighted by Gasteiger charge is 2.26. The molecule has 2 aliphatic rings. The molecule has 0 aliphatic carbocycles. The van der Waals surface area contributed by atoms with E-state index in [1.54, 1.807) is 0 Å². The average Bonchev–Trinajstić information content (AvgIpc) is 3.29. The predicted octanol–water partition coefficient (Wildman–Crippen LogP) is 6.09. The Labute approximate surface area is 177 Å². The van der Waals surface area contributed by atoms with Crippen LogP contribution in [-0.4, -0.2) is 22.3 Å². The molecule has 3 aromatic carbocycles. The second kappa shape index (κ2) is 8.29. The molecular formula is C26H23N3O. The van der Waals surface area contributed by atoms with E-state index in [1.165, 1.54) is 11.3 Å². The van der Waals surface area contributed by atoms with E-state index in [4.69, 9.17) is 9.73 Å². The van der Waals surface area contributed by atoms with Crippen molar-refractivity contribution in [3.8, 4) is 11.5 Å². The molecule has 2 aliphatic heterocycles. The molecule has 0 saturated heterocycles. The van der Waals surface area contributed by atoms with Gasteiger partial charge in [-0.1, -0.05) is 54.6 Å². The van der Waals surface area contributed by atoms with Gasteiger partial charge in [0.25, 0.3) is 0 Å². The molecule has 0 bridgehead atoms. The predicted molar refractivity (Wildman–Crippen MR) is 121 cm³/mol. The Bertz CT molecular complexity index is 1090. The highest BCUT2D eigenvalue weighted by Crippen LogP contribution is 2.29. The van der Waals surface area contributed by atoms with Crippen LogP contribution in [0.3, 0.4) is 0 Å². The van der Waals surface area contributed by atoms with Gasteiger partial charge in [0.15, 0.2) is 0 Å². The van der Waals surface area contributed by atoms with Crippen molar-refractivity contribution in [3.63, 3.8) is 0 Å². The lowest BCUT2D eigenvalue weighted by Gasteiger charge is -2.37. The molecule has 4 nitrogen and oxygen atoms in total. The Morgan fingerprint density at radius 2 is 1.50 bits per heavy atom. The monoisotopic (exact) mass is 393 g/mol. The minimum atomic E-state index is 0.806. The summed E-state index contributed by atoms with van der Waals surface area (Å²) in [4.78, 5) is 4.89. The second-order valence-corrected chi connectivity index (χ2v) is 7.31. The van der Waals surface area contributed by atoms with E-state index in [0.717, 1.165) is 42.4 Å². The fraction of sp³-hybridized carbons (Fsp3) is 0.115. The zero-order chi connectivity index (χ0) is 20.2. The zero-order valence-electron chi connectivity index (χ0n) is 16.7. The number of hydrazine groups is 1. The molecule has 0 atom stereocenters. The number of aliphatic imine (C=N–C) groups is 1. The van der Waals surface area contributed by atoms with E-state index in [2.05, 4.69) is 58.7 Å². The van der Waals surface area contributed by atoms with Crippen LogP contribution in [0.25, 0.3) is 0 Å². The Morgan fingerprint density at radius 3 is 2.27 bits per heavy atom. The average molecular weight is 393 g/mol. The molecule has 0 aromatic heterocycles. The van der Waals surface area contributed by atoms with Crippen LogP contribution in [0.1, 0.15) is 12.0 Å². The minimum Gasteiger partial charge on any atom is -0.457 e. The fourth-order valence-electron chi connectivity index (χ4n) is 3.73. The summed E-state index contributed by atoms with van der Waals surface area (Å²) in [5.41, 5.74) is 4.38. The molecule has 4 heteroatoms. The van der Waals surface area contributed by atoms with Crippen molar-refractivity contribution >= 4 is 11.4 Å². The van der Waals surface area contributed by atoms with Crippen LogP contribution in [0.2, 0.25) is 0 Å². The summed E-state index contributed by atoms with van der Waals surface area (Å²) >= 11 is 0. The molecule has 2 heterocycles. The van der Waals surface area contributed by atoms with Crippen molar-refractivity contribution in [1.82, 2.24) is 10.0 Å². The Balaban J connectivity index is 1.33. The summed E-state index contributed by atoms with van der Waals surface area (Å²) in [6.07, 6.45) is 7.53. The van der Waals surface area contributed by atoms with E-state index in [-0.39, 0.29) is 0 Å². The van der Waals surface area contributed by atoms with Crippen molar-refractivity contribution in [2.45, 2.75) is 13.0 Å². The molecule has 3 aromatic rings. The maximum absolute atomic E-state index is 5.87. The lowest BCUT2D eigenvalue weighted by atomic mass is 10.2. The number of rotatable bonds is 5. The summed E-state index contributed by atoms with van der Waals surface area (Å²) in [5.74, 6) is 1.64. The van der Waals surface area contributed by atoms with Crippen LogP contribution in [0.4, 0.5) is 5.69 Å². The fourth-order valence-corrected chi connectivity index (χ4v) is 3.73. The Hall–Kier alpha value is -3.79. The van der Waals surface area contributed by atoms with Crippen LogP contribution in [0.5, 0.6) is 11.5 Å². The van der Waals surface area contributed by atoms with Crippen molar-refractivity contribution < 1.29 is 4.74 Å². The summed E-state index contributed by atoms with van der Waals surface area (Å²) < 4.78 is 5.87. The normalized spacial score (nSPS) is 16.5. The van der Waals surface area contributed by atoms with Crippen LogP contribution in [0, 0.1) is 0 Å². The van der Waals surface area contributed by atoms with Gasteiger partial charge in [0.1, 0.15) is 11.5 Å². The van der Waals surface area contributed by atoms with Crippen LogP contribution in [0.15, 0.2) is 114 Å².